The first-order chi connectivity index (χ1) is 11.1. The summed E-state index contributed by atoms with van der Waals surface area (Å²) in [7, 11) is 0. The molecule has 6 heteroatoms. The molecule has 1 aliphatic rings. The van der Waals surface area contributed by atoms with Crippen molar-refractivity contribution in [1.29, 1.82) is 0 Å². The Labute approximate surface area is 146 Å². The number of halogens is 2. The van der Waals surface area contributed by atoms with E-state index in [-0.39, 0.29) is 17.3 Å². The molecule has 23 heavy (non-hydrogen) atoms. The Bertz CT molecular complexity index is 805. The van der Waals surface area contributed by atoms with Crippen LogP contribution in [0.4, 0.5) is 5.69 Å². The molecule has 2 aromatic carbocycles. The lowest BCUT2D eigenvalue weighted by Gasteiger charge is -2.15. The molecule has 0 aromatic heterocycles. The third-order valence-corrected chi connectivity index (χ3v) is 4.23. The highest BCUT2D eigenvalue weighted by molar-refractivity contribution is 9.10. The number of carbonyl (C=O) groups excluding carboxylic acids is 2. The van der Waals surface area contributed by atoms with Crippen molar-refractivity contribution in [1.82, 2.24) is 4.90 Å². The van der Waals surface area contributed by atoms with Crippen LogP contribution >= 0.6 is 27.5 Å². The Morgan fingerprint density at radius 1 is 1.00 bits per heavy atom. The zero-order chi connectivity index (χ0) is 16.4. The van der Waals surface area contributed by atoms with Crippen LogP contribution in [0.1, 0.15) is 5.56 Å². The van der Waals surface area contributed by atoms with Gasteiger partial charge in [0.2, 0.25) is 0 Å². The van der Waals surface area contributed by atoms with Crippen molar-refractivity contribution in [3.8, 4) is 0 Å². The van der Waals surface area contributed by atoms with Gasteiger partial charge in [-0.15, -0.1) is 0 Å². The molecule has 2 amide bonds. The summed E-state index contributed by atoms with van der Waals surface area (Å²) in [6.45, 7) is 0.193. The molecule has 4 nitrogen and oxygen atoms in total. The maximum absolute atomic E-state index is 12.5. The lowest BCUT2D eigenvalue weighted by molar-refractivity contribution is -0.138. The predicted octanol–water partition coefficient (Wildman–Crippen LogP) is 3.88. The van der Waals surface area contributed by atoms with Gasteiger partial charge in [0.05, 0.1) is 6.54 Å². The molecule has 1 heterocycles. The lowest BCUT2D eigenvalue weighted by Crippen LogP contribution is -2.31. The van der Waals surface area contributed by atoms with Crippen molar-refractivity contribution >= 4 is 45.0 Å². The summed E-state index contributed by atoms with van der Waals surface area (Å²) in [6.07, 6.45) is 0. The average molecular weight is 392 g/mol. The summed E-state index contributed by atoms with van der Waals surface area (Å²) in [6, 6.07) is 16.6. The van der Waals surface area contributed by atoms with Crippen LogP contribution in [0, 0.1) is 0 Å². The highest BCUT2D eigenvalue weighted by atomic mass is 79.9. The van der Waals surface area contributed by atoms with Crippen LogP contribution in [-0.2, 0) is 16.1 Å². The number of benzene rings is 2. The molecule has 1 aliphatic heterocycles. The molecule has 0 unspecified atom stereocenters. The smallest absolute Gasteiger partial charge is 0.279 e. The number of amides is 2. The third kappa shape index (κ3) is 3.30. The SMILES string of the molecule is O=C1C(Cl)=C(Nc2cccc(Br)c2)C(=O)N1Cc1ccccc1. The molecule has 2 aromatic rings. The Hall–Kier alpha value is -2.11. The molecule has 1 N–H and O–H groups in total. The maximum Gasteiger partial charge on any atom is 0.279 e. The highest BCUT2D eigenvalue weighted by Gasteiger charge is 2.37. The first kappa shape index (κ1) is 15.8. The highest BCUT2D eigenvalue weighted by Crippen LogP contribution is 2.27. The van der Waals surface area contributed by atoms with Gasteiger partial charge >= 0.3 is 0 Å². The van der Waals surface area contributed by atoms with E-state index in [0.717, 1.165) is 14.9 Å². The largest absolute Gasteiger partial charge is 0.350 e. The van der Waals surface area contributed by atoms with Gasteiger partial charge in [-0.05, 0) is 23.8 Å². The molecule has 0 radical (unpaired) electrons. The summed E-state index contributed by atoms with van der Waals surface area (Å²) in [5.41, 5.74) is 1.64. The van der Waals surface area contributed by atoms with E-state index in [1.165, 1.54) is 0 Å². The molecule has 0 saturated heterocycles. The van der Waals surface area contributed by atoms with Gasteiger partial charge in [0.15, 0.2) is 0 Å². The van der Waals surface area contributed by atoms with E-state index < -0.39 is 11.8 Å². The monoisotopic (exact) mass is 390 g/mol. The fourth-order valence-corrected chi connectivity index (χ4v) is 2.90. The zero-order valence-electron chi connectivity index (χ0n) is 11.9. The van der Waals surface area contributed by atoms with Crippen LogP contribution < -0.4 is 5.32 Å². The van der Waals surface area contributed by atoms with E-state index in [4.69, 9.17) is 11.6 Å². The Morgan fingerprint density at radius 2 is 1.74 bits per heavy atom. The van der Waals surface area contributed by atoms with E-state index in [1.807, 2.05) is 42.5 Å². The number of imide groups is 1. The summed E-state index contributed by atoms with van der Waals surface area (Å²) in [5, 5.41) is 2.84. The minimum absolute atomic E-state index is 0.0918. The van der Waals surface area contributed by atoms with Gasteiger partial charge in [-0.3, -0.25) is 14.5 Å². The predicted molar refractivity (Wildman–Crippen MR) is 92.6 cm³/mol. The van der Waals surface area contributed by atoms with Crippen molar-refractivity contribution in [3.05, 3.63) is 75.4 Å². The van der Waals surface area contributed by atoms with Crippen molar-refractivity contribution in [2.75, 3.05) is 5.32 Å². The summed E-state index contributed by atoms with van der Waals surface area (Å²) in [4.78, 5) is 25.9. The first-order valence-electron chi connectivity index (χ1n) is 6.89. The van der Waals surface area contributed by atoms with E-state index in [0.29, 0.717) is 5.69 Å². The van der Waals surface area contributed by atoms with Crippen LogP contribution in [-0.4, -0.2) is 16.7 Å². The Balaban J connectivity index is 1.82. The van der Waals surface area contributed by atoms with Crippen molar-refractivity contribution < 1.29 is 9.59 Å². The molecule has 0 atom stereocenters. The molecule has 3 rings (SSSR count). The lowest BCUT2D eigenvalue weighted by atomic mass is 10.2. The van der Waals surface area contributed by atoms with Gasteiger partial charge in [0.25, 0.3) is 11.8 Å². The second-order valence-corrected chi connectivity index (χ2v) is 6.30. The van der Waals surface area contributed by atoms with Crippen LogP contribution in [0.3, 0.4) is 0 Å². The molecule has 0 fully saturated rings. The number of nitrogens with zero attached hydrogens (tertiary/aromatic N) is 1. The van der Waals surface area contributed by atoms with Crippen LogP contribution in [0.2, 0.25) is 0 Å². The summed E-state index contributed by atoms with van der Waals surface area (Å²) >= 11 is 9.43. The van der Waals surface area contributed by atoms with E-state index >= 15 is 0 Å². The minimum Gasteiger partial charge on any atom is -0.350 e. The van der Waals surface area contributed by atoms with Crippen LogP contribution in [0.5, 0.6) is 0 Å². The van der Waals surface area contributed by atoms with Crippen molar-refractivity contribution in [3.63, 3.8) is 0 Å². The van der Waals surface area contributed by atoms with Gasteiger partial charge in [-0.25, -0.2) is 0 Å². The summed E-state index contributed by atoms with van der Waals surface area (Å²) < 4.78 is 0.858. The number of nitrogens with one attached hydrogen (secondary N) is 1. The van der Waals surface area contributed by atoms with Gasteiger partial charge in [-0.1, -0.05) is 63.9 Å². The normalized spacial score (nSPS) is 14.6. The van der Waals surface area contributed by atoms with Gasteiger partial charge in [0.1, 0.15) is 10.7 Å². The Morgan fingerprint density at radius 3 is 2.43 bits per heavy atom. The standard InChI is InChI=1S/C17H12BrClN2O2/c18-12-7-4-8-13(9-12)20-15-14(19)16(22)21(17(15)23)10-11-5-2-1-3-6-11/h1-9,20H,10H2. The van der Waals surface area contributed by atoms with Crippen molar-refractivity contribution in [2.45, 2.75) is 6.54 Å². The molecule has 116 valence electrons. The molecule has 0 spiro atoms. The zero-order valence-corrected chi connectivity index (χ0v) is 14.3. The van der Waals surface area contributed by atoms with E-state index in [2.05, 4.69) is 21.2 Å². The first-order valence-corrected chi connectivity index (χ1v) is 8.06. The Kier molecular flexibility index (Phi) is 4.50. The quantitative estimate of drug-likeness (QED) is 0.805. The number of rotatable bonds is 4. The van der Waals surface area contributed by atoms with Gasteiger partial charge < -0.3 is 5.32 Å². The second-order valence-electron chi connectivity index (χ2n) is 5.01. The van der Waals surface area contributed by atoms with Crippen LogP contribution in [0.15, 0.2) is 69.8 Å². The third-order valence-electron chi connectivity index (χ3n) is 3.39. The number of hydrogen-bond donors (Lipinski definition) is 1. The van der Waals surface area contributed by atoms with E-state index in [9.17, 15) is 9.59 Å². The molecule has 0 saturated carbocycles. The fourth-order valence-electron chi connectivity index (χ4n) is 2.28. The topological polar surface area (TPSA) is 49.4 Å². The van der Waals surface area contributed by atoms with Crippen LogP contribution in [0.25, 0.3) is 0 Å². The summed E-state index contributed by atoms with van der Waals surface area (Å²) in [5.74, 6) is -0.915. The molecular formula is C17H12BrClN2O2. The van der Waals surface area contributed by atoms with Crippen molar-refractivity contribution in [2.24, 2.45) is 0 Å². The second kappa shape index (κ2) is 6.56. The van der Waals surface area contributed by atoms with Gasteiger partial charge in [0, 0.05) is 10.2 Å². The fraction of sp³-hybridized carbons (Fsp3) is 0.0588. The van der Waals surface area contributed by atoms with E-state index in [1.54, 1.807) is 12.1 Å². The number of hydrogen-bond acceptors (Lipinski definition) is 3. The molecule has 0 bridgehead atoms. The minimum atomic E-state index is -0.488. The average Bonchev–Trinajstić information content (AvgIpc) is 2.74. The van der Waals surface area contributed by atoms with Gasteiger partial charge in [-0.2, -0.15) is 0 Å². The molecule has 0 aliphatic carbocycles. The maximum atomic E-state index is 12.5. The molecular weight excluding hydrogens is 380 g/mol. The number of carbonyl (C=O) groups is 2. The number of anilines is 1.